The Labute approximate surface area is 130 Å². The van der Waals surface area contributed by atoms with Crippen LogP contribution in [0.15, 0.2) is 58.3 Å². The van der Waals surface area contributed by atoms with E-state index in [-0.39, 0.29) is 0 Å². The normalized spacial score (nSPS) is 11.5. The Kier molecular flexibility index (Phi) is 5.45. The molecule has 0 amide bonds. The first-order chi connectivity index (χ1) is 9.99. The molecule has 0 bridgehead atoms. The maximum absolute atomic E-state index is 12.2. The standard InChI is InChI=1S/C16H19NO2S2/c1-13-8-9-16(12-14(13)2)21(18,19)17-10-11-20-15-6-4-3-5-7-15/h3-9,12,17H,10-11H2,1-2H3. The smallest absolute Gasteiger partial charge is 0.210 e. The number of rotatable bonds is 6. The second-order valence-corrected chi connectivity index (χ2v) is 7.74. The molecular formula is C16H19NO2S2. The minimum atomic E-state index is -3.42. The van der Waals surface area contributed by atoms with E-state index in [4.69, 9.17) is 0 Å². The van der Waals surface area contributed by atoms with Crippen LogP contribution in [0, 0.1) is 13.8 Å². The number of hydrogen-bond donors (Lipinski definition) is 1. The minimum Gasteiger partial charge on any atom is -0.210 e. The summed E-state index contributed by atoms with van der Waals surface area (Å²) in [6.45, 7) is 4.30. The molecule has 0 saturated carbocycles. The predicted octanol–water partition coefficient (Wildman–Crippen LogP) is 3.37. The summed E-state index contributed by atoms with van der Waals surface area (Å²) in [5.74, 6) is 0.702. The zero-order valence-electron chi connectivity index (χ0n) is 12.2. The summed E-state index contributed by atoms with van der Waals surface area (Å²) < 4.78 is 27.0. The summed E-state index contributed by atoms with van der Waals surface area (Å²) in [6.07, 6.45) is 0. The van der Waals surface area contributed by atoms with E-state index >= 15 is 0 Å². The largest absolute Gasteiger partial charge is 0.240 e. The zero-order chi connectivity index (χ0) is 15.3. The molecule has 0 fully saturated rings. The Morgan fingerprint density at radius 1 is 1.00 bits per heavy atom. The van der Waals surface area contributed by atoms with Crippen molar-refractivity contribution in [2.24, 2.45) is 0 Å². The van der Waals surface area contributed by atoms with Crippen LogP contribution in [-0.4, -0.2) is 20.7 Å². The van der Waals surface area contributed by atoms with Gasteiger partial charge in [0, 0.05) is 17.2 Å². The predicted molar refractivity (Wildman–Crippen MR) is 88.3 cm³/mol. The molecule has 0 saturated heterocycles. The molecule has 0 unspecified atom stereocenters. The van der Waals surface area contributed by atoms with E-state index in [1.807, 2.05) is 50.2 Å². The molecule has 0 atom stereocenters. The first kappa shape index (κ1) is 16.1. The molecule has 0 aliphatic rings. The molecule has 21 heavy (non-hydrogen) atoms. The van der Waals surface area contributed by atoms with E-state index < -0.39 is 10.0 Å². The van der Waals surface area contributed by atoms with Gasteiger partial charge in [0.2, 0.25) is 10.0 Å². The third kappa shape index (κ3) is 4.59. The van der Waals surface area contributed by atoms with Crippen LogP contribution in [0.2, 0.25) is 0 Å². The molecule has 0 aromatic heterocycles. The first-order valence-corrected chi connectivity index (χ1v) is 9.21. The van der Waals surface area contributed by atoms with Crippen LogP contribution in [0.3, 0.4) is 0 Å². The van der Waals surface area contributed by atoms with Crippen molar-refractivity contribution in [3.63, 3.8) is 0 Å². The van der Waals surface area contributed by atoms with Crippen LogP contribution >= 0.6 is 11.8 Å². The van der Waals surface area contributed by atoms with E-state index in [2.05, 4.69) is 4.72 Å². The van der Waals surface area contributed by atoms with Crippen molar-refractivity contribution in [2.75, 3.05) is 12.3 Å². The lowest BCUT2D eigenvalue weighted by Gasteiger charge is -2.08. The molecule has 2 aromatic rings. The molecule has 0 aliphatic carbocycles. The van der Waals surface area contributed by atoms with Gasteiger partial charge in [0.05, 0.1) is 4.90 Å². The highest BCUT2D eigenvalue weighted by Crippen LogP contribution is 2.17. The molecular weight excluding hydrogens is 302 g/mol. The molecule has 0 spiro atoms. The molecule has 3 nitrogen and oxygen atoms in total. The van der Waals surface area contributed by atoms with Crippen molar-refractivity contribution >= 4 is 21.8 Å². The van der Waals surface area contributed by atoms with Gasteiger partial charge in [0.25, 0.3) is 0 Å². The summed E-state index contributed by atoms with van der Waals surface area (Å²) in [5, 5.41) is 0. The van der Waals surface area contributed by atoms with Crippen LogP contribution in [-0.2, 0) is 10.0 Å². The Morgan fingerprint density at radius 3 is 2.38 bits per heavy atom. The van der Waals surface area contributed by atoms with Crippen molar-refractivity contribution in [3.8, 4) is 0 Å². The highest BCUT2D eigenvalue weighted by molar-refractivity contribution is 7.99. The topological polar surface area (TPSA) is 46.2 Å². The fraction of sp³-hybridized carbons (Fsp3) is 0.250. The van der Waals surface area contributed by atoms with Gasteiger partial charge >= 0.3 is 0 Å². The molecule has 112 valence electrons. The van der Waals surface area contributed by atoms with Crippen LogP contribution < -0.4 is 4.72 Å². The summed E-state index contributed by atoms with van der Waals surface area (Å²) in [4.78, 5) is 1.47. The van der Waals surface area contributed by atoms with Crippen LogP contribution in [0.25, 0.3) is 0 Å². The summed E-state index contributed by atoms with van der Waals surface area (Å²) in [7, 11) is -3.42. The second-order valence-electron chi connectivity index (χ2n) is 4.81. The van der Waals surface area contributed by atoms with Crippen molar-refractivity contribution in [1.29, 1.82) is 0 Å². The summed E-state index contributed by atoms with van der Waals surface area (Å²) in [5.41, 5.74) is 2.07. The van der Waals surface area contributed by atoms with E-state index in [9.17, 15) is 8.42 Å². The van der Waals surface area contributed by atoms with Gasteiger partial charge in [-0.3, -0.25) is 0 Å². The van der Waals surface area contributed by atoms with E-state index in [0.717, 1.165) is 16.0 Å². The quantitative estimate of drug-likeness (QED) is 0.655. The van der Waals surface area contributed by atoms with Gasteiger partial charge in [-0.05, 0) is 49.2 Å². The number of thioether (sulfide) groups is 1. The van der Waals surface area contributed by atoms with Gasteiger partial charge < -0.3 is 0 Å². The molecule has 0 aliphatic heterocycles. The third-order valence-corrected chi connectivity index (χ3v) is 5.67. The Morgan fingerprint density at radius 2 is 1.71 bits per heavy atom. The lowest BCUT2D eigenvalue weighted by Crippen LogP contribution is -2.26. The average molecular weight is 321 g/mol. The molecule has 2 aromatic carbocycles. The molecule has 5 heteroatoms. The van der Waals surface area contributed by atoms with E-state index in [1.165, 1.54) is 0 Å². The van der Waals surface area contributed by atoms with Gasteiger partial charge in [0.15, 0.2) is 0 Å². The number of sulfonamides is 1. The fourth-order valence-corrected chi connectivity index (χ4v) is 3.86. The van der Waals surface area contributed by atoms with E-state index in [1.54, 1.807) is 23.9 Å². The second kappa shape index (κ2) is 7.11. The van der Waals surface area contributed by atoms with Crippen molar-refractivity contribution < 1.29 is 8.42 Å². The minimum absolute atomic E-state index is 0.329. The number of hydrogen-bond acceptors (Lipinski definition) is 3. The van der Waals surface area contributed by atoms with Gasteiger partial charge in [-0.2, -0.15) is 0 Å². The summed E-state index contributed by atoms with van der Waals surface area (Å²) >= 11 is 1.63. The van der Waals surface area contributed by atoms with Crippen LogP contribution in [0.1, 0.15) is 11.1 Å². The van der Waals surface area contributed by atoms with Crippen molar-refractivity contribution in [2.45, 2.75) is 23.6 Å². The van der Waals surface area contributed by atoms with Gasteiger partial charge in [-0.1, -0.05) is 24.3 Å². The zero-order valence-corrected chi connectivity index (χ0v) is 13.8. The van der Waals surface area contributed by atoms with E-state index in [0.29, 0.717) is 17.2 Å². The monoisotopic (exact) mass is 321 g/mol. The first-order valence-electron chi connectivity index (χ1n) is 6.74. The van der Waals surface area contributed by atoms with Crippen LogP contribution in [0.5, 0.6) is 0 Å². The Bertz CT molecular complexity index is 697. The number of aryl methyl sites for hydroxylation is 2. The third-order valence-electron chi connectivity index (χ3n) is 3.19. The average Bonchev–Trinajstić information content (AvgIpc) is 2.47. The maximum atomic E-state index is 12.2. The highest BCUT2D eigenvalue weighted by atomic mass is 32.2. The van der Waals surface area contributed by atoms with Gasteiger partial charge in [0.1, 0.15) is 0 Å². The fourth-order valence-electron chi connectivity index (χ4n) is 1.83. The Balaban J connectivity index is 1.91. The molecule has 0 radical (unpaired) electrons. The lowest BCUT2D eigenvalue weighted by atomic mass is 10.1. The lowest BCUT2D eigenvalue weighted by molar-refractivity contribution is 0.584. The SMILES string of the molecule is Cc1ccc(S(=O)(=O)NCCSc2ccccc2)cc1C. The molecule has 2 rings (SSSR count). The maximum Gasteiger partial charge on any atom is 0.240 e. The number of nitrogens with one attached hydrogen (secondary N) is 1. The highest BCUT2D eigenvalue weighted by Gasteiger charge is 2.13. The summed E-state index contributed by atoms with van der Waals surface area (Å²) in [6, 6.07) is 15.1. The molecule has 1 N–H and O–H groups in total. The number of benzene rings is 2. The van der Waals surface area contributed by atoms with Crippen molar-refractivity contribution in [3.05, 3.63) is 59.7 Å². The van der Waals surface area contributed by atoms with Gasteiger partial charge in [-0.15, -0.1) is 11.8 Å². The Hall–Kier alpha value is -1.30. The van der Waals surface area contributed by atoms with Crippen molar-refractivity contribution in [1.82, 2.24) is 4.72 Å². The molecule has 0 heterocycles. The van der Waals surface area contributed by atoms with Crippen LogP contribution in [0.4, 0.5) is 0 Å². The van der Waals surface area contributed by atoms with Gasteiger partial charge in [-0.25, -0.2) is 13.1 Å².